The highest BCUT2D eigenvalue weighted by molar-refractivity contribution is 5.77. The Kier molecular flexibility index (Phi) is 3.27. The summed E-state index contributed by atoms with van der Waals surface area (Å²) in [5.74, 6) is 0.218. The quantitative estimate of drug-likeness (QED) is 0.683. The van der Waals surface area contributed by atoms with Crippen molar-refractivity contribution in [2.75, 3.05) is 13.1 Å². The van der Waals surface area contributed by atoms with E-state index in [0.29, 0.717) is 13.0 Å². The van der Waals surface area contributed by atoms with Crippen molar-refractivity contribution >= 4 is 5.91 Å². The third kappa shape index (κ3) is 2.00. The molecule has 1 amide bonds. The second kappa shape index (κ2) is 4.07. The van der Waals surface area contributed by atoms with E-state index in [-0.39, 0.29) is 18.0 Å². The van der Waals surface area contributed by atoms with Crippen molar-refractivity contribution in [1.82, 2.24) is 10.0 Å². The van der Waals surface area contributed by atoms with Crippen molar-refractivity contribution in [3.8, 4) is 0 Å². The van der Waals surface area contributed by atoms with Crippen molar-refractivity contribution < 1.29 is 4.79 Å². The molecule has 0 spiro atoms. The molecule has 1 aliphatic rings. The summed E-state index contributed by atoms with van der Waals surface area (Å²) < 4.78 is 0. The Morgan fingerprint density at radius 3 is 2.54 bits per heavy atom. The number of hydrogen-bond donors (Lipinski definition) is 1. The Bertz CT molecular complexity index is 193. The summed E-state index contributed by atoms with van der Waals surface area (Å²) >= 11 is 0. The molecular weight excluding hydrogens is 166 g/mol. The molecule has 1 fully saturated rings. The van der Waals surface area contributed by atoms with Crippen LogP contribution in [0.1, 0.15) is 27.2 Å². The Hall–Kier alpha value is -0.610. The molecule has 0 aliphatic carbocycles. The van der Waals surface area contributed by atoms with Crippen molar-refractivity contribution in [1.29, 1.82) is 0 Å². The van der Waals surface area contributed by atoms with Gasteiger partial charge in [0.2, 0.25) is 5.91 Å². The summed E-state index contributed by atoms with van der Waals surface area (Å²) in [6.45, 7) is 7.51. The molecule has 0 aromatic carbocycles. The van der Waals surface area contributed by atoms with Crippen LogP contribution in [0.15, 0.2) is 0 Å². The molecule has 0 aromatic heterocycles. The van der Waals surface area contributed by atoms with Gasteiger partial charge in [-0.25, -0.2) is 5.01 Å². The van der Waals surface area contributed by atoms with Crippen LogP contribution in [0.25, 0.3) is 0 Å². The van der Waals surface area contributed by atoms with Crippen molar-refractivity contribution in [3.05, 3.63) is 0 Å². The molecule has 1 heterocycles. The Morgan fingerprint density at radius 2 is 2.08 bits per heavy atom. The normalized spacial score (nSPS) is 21.6. The Balaban J connectivity index is 2.69. The number of hydrazine groups is 1. The van der Waals surface area contributed by atoms with E-state index in [1.807, 2.05) is 25.8 Å². The molecular formula is C9H19N3O. The number of hydrogen-bond acceptors (Lipinski definition) is 3. The maximum Gasteiger partial charge on any atom is 0.238 e. The van der Waals surface area contributed by atoms with E-state index in [0.717, 1.165) is 6.54 Å². The largest absolute Gasteiger partial charge is 0.329 e. The summed E-state index contributed by atoms with van der Waals surface area (Å²) in [5.41, 5.74) is 5.58. The maximum atomic E-state index is 11.5. The highest BCUT2D eigenvalue weighted by atomic mass is 16.2. The molecule has 1 saturated heterocycles. The van der Waals surface area contributed by atoms with Gasteiger partial charge in [0.25, 0.3) is 0 Å². The van der Waals surface area contributed by atoms with Gasteiger partial charge in [0.1, 0.15) is 0 Å². The highest BCUT2D eigenvalue weighted by Crippen LogP contribution is 2.17. The van der Waals surface area contributed by atoms with Crippen LogP contribution in [-0.2, 0) is 4.79 Å². The second-order valence-corrected chi connectivity index (χ2v) is 3.83. The van der Waals surface area contributed by atoms with Crippen molar-refractivity contribution in [3.63, 3.8) is 0 Å². The first-order chi connectivity index (χ1) is 6.07. The van der Waals surface area contributed by atoms with Crippen LogP contribution < -0.4 is 5.73 Å². The van der Waals surface area contributed by atoms with E-state index in [1.165, 1.54) is 0 Å². The van der Waals surface area contributed by atoms with Gasteiger partial charge in [-0.2, -0.15) is 0 Å². The average Bonchev–Trinajstić information content (AvgIpc) is 2.45. The SMILES string of the molecule is CC(CN)N1CCC(=O)N1C(C)C. The molecule has 4 heteroatoms. The molecule has 1 rings (SSSR count). The van der Waals surface area contributed by atoms with E-state index in [4.69, 9.17) is 5.73 Å². The molecule has 4 nitrogen and oxygen atoms in total. The van der Waals surface area contributed by atoms with Gasteiger partial charge in [0.05, 0.1) is 0 Å². The minimum Gasteiger partial charge on any atom is -0.329 e. The van der Waals surface area contributed by atoms with E-state index < -0.39 is 0 Å². The maximum absolute atomic E-state index is 11.5. The first-order valence-electron chi connectivity index (χ1n) is 4.86. The highest BCUT2D eigenvalue weighted by Gasteiger charge is 2.33. The minimum absolute atomic E-state index is 0.218. The lowest BCUT2D eigenvalue weighted by Gasteiger charge is -2.35. The zero-order chi connectivity index (χ0) is 10.0. The monoisotopic (exact) mass is 185 g/mol. The molecule has 0 radical (unpaired) electrons. The third-order valence-electron chi connectivity index (χ3n) is 2.43. The van der Waals surface area contributed by atoms with Crippen LogP contribution in [0.3, 0.4) is 0 Å². The average molecular weight is 185 g/mol. The van der Waals surface area contributed by atoms with Crippen LogP contribution in [0, 0.1) is 0 Å². The van der Waals surface area contributed by atoms with Crippen LogP contribution in [0.4, 0.5) is 0 Å². The summed E-state index contributed by atoms with van der Waals surface area (Å²) in [6.07, 6.45) is 0.627. The van der Waals surface area contributed by atoms with Gasteiger partial charge < -0.3 is 5.73 Å². The smallest absolute Gasteiger partial charge is 0.238 e. The van der Waals surface area contributed by atoms with Gasteiger partial charge in [0.15, 0.2) is 0 Å². The zero-order valence-corrected chi connectivity index (χ0v) is 8.66. The van der Waals surface area contributed by atoms with E-state index in [9.17, 15) is 4.79 Å². The number of nitrogens with two attached hydrogens (primary N) is 1. The first kappa shape index (κ1) is 10.5. The molecule has 2 N–H and O–H groups in total. The number of nitrogens with zero attached hydrogens (tertiary/aromatic N) is 2. The second-order valence-electron chi connectivity index (χ2n) is 3.83. The lowest BCUT2D eigenvalue weighted by atomic mass is 10.3. The van der Waals surface area contributed by atoms with Gasteiger partial charge in [-0.15, -0.1) is 0 Å². The summed E-state index contributed by atoms with van der Waals surface area (Å²) in [4.78, 5) is 11.5. The predicted molar refractivity (Wildman–Crippen MR) is 51.8 cm³/mol. The van der Waals surface area contributed by atoms with Gasteiger partial charge >= 0.3 is 0 Å². The molecule has 1 atom stereocenters. The zero-order valence-electron chi connectivity index (χ0n) is 8.66. The summed E-state index contributed by atoms with van der Waals surface area (Å²) in [5, 5.41) is 3.91. The predicted octanol–water partition coefficient (Wildman–Crippen LogP) is 0.191. The van der Waals surface area contributed by atoms with Crippen LogP contribution in [0.2, 0.25) is 0 Å². The van der Waals surface area contributed by atoms with Crippen LogP contribution in [0.5, 0.6) is 0 Å². The number of amides is 1. The molecule has 0 aromatic rings. The summed E-state index contributed by atoms with van der Waals surface area (Å²) in [7, 11) is 0. The molecule has 13 heavy (non-hydrogen) atoms. The van der Waals surface area contributed by atoms with Gasteiger partial charge in [0, 0.05) is 31.6 Å². The molecule has 76 valence electrons. The minimum atomic E-state index is 0.218. The fourth-order valence-corrected chi connectivity index (χ4v) is 1.71. The number of rotatable bonds is 3. The van der Waals surface area contributed by atoms with Crippen molar-refractivity contribution in [2.45, 2.75) is 39.3 Å². The molecule has 1 unspecified atom stereocenters. The number of carbonyl (C=O) groups excluding carboxylic acids is 1. The van der Waals surface area contributed by atoms with Crippen LogP contribution >= 0.6 is 0 Å². The Labute approximate surface area is 79.6 Å². The molecule has 1 aliphatic heterocycles. The topological polar surface area (TPSA) is 49.6 Å². The van der Waals surface area contributed by atoms with Crippen LogP contribution in [-0.4, -0.2) is 41.1 Å². The molecule has 0 saturated carbocycles. The first-order valence-corrected chi connectivity index (χ1v) is 4.86. The van der Waals surface area contributed by atoms with Gasteiger partial charge in [-0.05, 0) is 20.8 Å². The molecule has 0 bridgehead atoms. The van der Waals surface area contributed by atoms with Gasteiger partial charge in [-0.3, -0.25) is 9.80 Å². The van der Waals surface area contributed by atoms with E-state index in [2.05, 4.69) is 5.01 Å². The standard InChI is InChI=1S/C9H19N3O/c1-7(2)12-9(13)4-5-11(12)8(3)6-10/h7-8H,4-6,10H2,1-3H3. The van der Waals surface area contributed by atoms with E-state index >= 15 is 0 Å². The van der Waals surface area contributed by atoms with E-state index in [1.54, 1.807) is 0 Å². The lowest BCUT2D eigenvalue weighted by molar-refractivity contribution is -0.144. The third-order valence-corrected chi connectivity index (χ3v) is 2.43. The summed E-state index contributed by atoms with van der Waals surface area (Å²) in [6, 6.07) is 0.498. The fraction of sp³-hybridized carbons (Fsp3) is 0.889. The van der Waals surface area contributed by atoms with Crippen molar-refractivity contribution in [2.24, 2.45) is 5.73 Å². The lowest BCUT2D eigenvalue weighted by Crippen LogP contribution is -2.50. The van der Waals surface area contributed by atoms with Gasteiger partial charge in [-0.1, -0.05) is 0 Å². The number of carbonyl (C=O) groups is 1. The Morgan fingerprint density at radius 1 is 1.46 bits per heavy atom. The fourth-order valence-electron chi connectivity index (χ4n) is 1.71.